The second kappa shape index (κ2) is 56.9. The molecule has 0 aliphatic rings. The van der Waals surface area contributed by atoms with E-state index in [4.69, 9.17) is 5.48 Å². The Kier molecular flexibility index (Phi) is 44.0. The third kappa shape index (κ3) is 36.2. The van der Waals surface area contributed by atoms with E-state index in [2.05, 4.69) is 170 Å². The van der Waals surface area contributed by atoms with Crippen LogP contribution in [0.15, 0.2) is 389 Å². The van der Waals surface area contributed by atoms with Crippen LogP contribution >= 0.6 is 0 Å². The molecule has 0 amide bonds. The van der Waals surface area contributed by atoms with Crippen LogP contribution in [0.2, 0.25) is 0 Å². The molecule has 0 fully saturated rings. The number of pyridine rings is 9. The van der Waals surface area contributed by atoms with E-state index in [1.807, 2.05) is 253 Å². The molecule has 0 aliphatic heterocycles. The van der Waals surface area contributed by atoms with E-state index >= 15 is 0 Å². The van der Waals surface area contributed by atoms with Crippen LogP contribution in [0, 0.1) is 110 Å². The van der Waals surface area contributed by atoms with Crippen molar-refractivity contribution in [2.45, 2.75) is 55.4 Å². The second-order valence-corrected chi connectivity index (χ2v) is 26.2. The number of nitrogens with zero attached hydrogens (tertiary/aromatic N) is 9. The van der Waals surface area contributed by atoms with Gasteiger partial charge < -0.3 is 44.9 Å². The van der Waals surface area contributed by atoms with E-state index in [0.717, 1.165) is 101 Å². The van der Waals surface area contributed by atoms with Gasteiger partial charge in [-0.3, -0.25) is 0 Å². The number of hydrogen-bond acceptors (Lipinski definition) is 9. The number of aromatic nitrogens is 9. The fourth-order valence-corrected chi connectivity index (χ4v) is 10.6. The predicted molar refractivity (Wildman–Crippen MR) is 474 cm³/mol. The van der Waals surface area contributed by atoms with Gasteiger partial charge in [-0.1, -0.05) is 136 Å². The topological polar surface area (TPSA) is 116 Å². The molecule has 0 unspecified atom stereocenters. The van der Waals surface area contributed by atoms with E-state index in [1.165, 1.54) is 50.7 Å². The second-order valence-electron chi connectivity index (χ2n) is 26.2. The Morgan fingerprint density at radius 2 is 0.471 bits per heavy atom. The molecule has 9 heterocycles. The number of aryl methyl sites for hydroxylation is 8. The fraction of sp³-hybridized carbons (Fsp3) is 0.0748. The maximum Gasteiger partial charge on any atom is 0.0638 e. The molecule has 0 spiro atoms. The first-order valence-electron chi connectivity index (χ1n) is 39.6. The molecule has 0 atom stereocenters. The van der Waals surface area contributed by atoms with E-state index in [9.17, 15) is 0 Å². The first-order valence-corrected chi connectivity index (χ1v) is 37.6. The van der Waals surface area contributed by atoms with Gasteiger partial charge in [0, 0.05) is 160 Å². The molecule has 9 aromatic heterocycles. The minimum Gasteiger partial charge on any atom is -0.305 e. The Morgan fingerprint density at radius 1 is 0.182 bits per heavy atom. The smallest absolute Gasteiger partial charge is 0.0638 e. The average molecular weight is 2470 g/mol. The van der Waals surface area contributed by atoms with E-state index in [1.54, 1.807) is 91.6 Å². The zero-order valence-electron chi connectivity index (χ0n) is 71.8. The third-order valence-corrected chi connectivity index (χ3v) is 16.6. The molecule has 18 aromatic rings. The molecular weight excluding hydrogens is 2370 g/mol. The summed E-state index contributed by atoms with van der Waals surface area (Å²) in [6.07, 6.45) is 16.0. The van der Waals surface area contributed by atoms with E-state index in [-0.39, 0.29) is 101 Å². The maximum atomic E-state index is 7.49. The molecule has 121 heavy (non-hydrogen) atoms. The molecule has 0 aliphatic carbocycles. The van der Waals surface area contributed by atoms with Crippen LogP contribution in [-0.2, 0) is 101 Å². The molecule has 0 saturated heterocycles. The Hall–Kier alpha value is -11.4. The zero-order valence-corrected chi connectivity index (χ0v) is 79.8. The number of benzene rings is 9. The summed E-state index contributed by atoms with van der Waals surface area (Å²) < 4.78 is 29.6. The summed E-state index contributed by atoms with van der Waals surface area (Å²) in [4.78, 5) is 38.3. The van der Waals surface area contributed by atoms with Gasteiger partial charge in [-0.25, -0.2) is 0 Å². The predicted octanol–water partition coefficient (Wildman–Crippen LogP) is 25.4. The van der Waals surface area contributed by atoms with Crippen molar-refractivity contribution < 1.29 is 106 Å². The van der Waals surface area contributed by atoms with Gasteiger partial charge in [0.15, 0.2) is 0 Å². The van der Waals surface area contributed by atoms with Crippen molar-refractivity contribution in [2.24, 2.45) is 0 Å². The molecule has 9 aromatic carbocycles. The van der Waals surface area contributed by atoms with Crippen LogP contribution in [0.5, 0.6) is 0 Å². The molecule has 5 radical (unpaired) electrons. The van der Waals surface area contributed by atoms with Crippen molar-refractivity contribution >= 4 is 0 Å². The van der Waals surface area contributed by atoms with Gasteiger partial charge in [0.2, 0.25) is 0 Å². The van der Waals surface area contributed by atoms with Gasteiger partial charge in [0.25, 0.3) is 0 Å². The van der Waals surface area contributed by atoms with Crippen LogP contribution in [0.1, 0.15) is 50.0 Å². The van der Waals surface area contributed by atoms with Crippen molar-refractivity contribution in [1.29, 1.82) is 0 Å². The van der Waals surface area contributed by atoms with E-state index in [0.29, 0.717) is 24.2 Å². The Bertz CT molecular complexity index is 5630. The monoisotopic (exact) mass is 2470 g/mol. The molecule has 0 saturated carbocycles. The first-order chi connectivity index (χ1) is 58.4. The molecule has 14 heteroatoms. The molecule has 0 bridgehead atoms. The summed E-state index contributed by atoms with van der Waals surface area (Å²) in [5.41, 5.74) is 26.8. The first kappa shape index (κ1) is 93.4. The maximum absolute atomic E-state index is 7.49. The third-order valence-electron chi connectivity index (χ3n) is 16.6. The quantitative estimate of drug-likeness (QED) is 0.130. The van der Waals surface area contributed by atoms with E-state index < -0.39 is 0 Å². The van der Waals surface area contributed by atoms with Crippen molar-refractivity contribution in [3.05, 3.63) is 488 Å². The van der Waals surface area contributed by atoms with Gasteiger partial charge in [0.1, 0.15) is 0 Å². The number of rotatable bonds is 9. The Labute approximate surface area is 788 Å². The summed E-state index contributed by atoms with van der Waals surface area (Å²) in [6.45, 7) is 16.4. The fourth-order valence-electron chi connectivity index (χ4n) is 10.6. The van der Waals surface area contributed by atoms with Crippen molar-refractivity contribution in [3.63, 3.8) is 0 Å². The normalized spacial score (nSPS) is 9.95. The molecule has 18 rings (SSSR count). The minimum atomic E-state index is 0. The summed E-state index contributed by atoms with van der Waals surface area (Å²) in [5, 5.41) is 0. The standard InChI is InChI=1S/3C13H12N.2C12H10N.4C11H8N.5Ir/c1-10-3-6-12(7-4-10)13-8-5-11(2)9-14-13;2*1-10-4-3-5-12(8-10)13-7-6-11(2)9-14-13;1-10-5-4-6-11(9-10)12-7-2-3-8-13-12;1-10-7-8-13-12(9-10)11-5-3-2-4-6-11;4*1-2-6-10(7-3-1)11-8-4-5-9-12-11;;;;;/h3-6,8-9H,1-2H3;2*3-4,6-9H,1-2H3;2*2-5,7-9H,1H3;4*1-6,8-9H;;;;;/q9*-1;;;;;/i;;;;3D;5D;2*2D;;;;;;. The van der Waals surface area contributed by atoms with Crippen LogP contribution in [0.4, 0.5) is 0 Å². The number of hydrogen-bond donors (Lipinski definition) is 0. The Balaban J connectivity index is 0.000000248. The Morgan fingerprint density at radius 3 is 0.769 bits per heavy atom. The van der Waals surface area contributed by atoms with Gasteiger partial charge in [-0.2, -0.15) is 0 Å². The molecule has 9 nitrogen and oxygen atoms in total. The molecule has 0 N–H and O–H groups in total. The van der Waals surface area contributed by atoms with Gasteiger partial charge >= 0.3 is 0 Å². The average Bonchev–Trinajstić information content (AvgIpc) is 0.862. The van der Waals surface area contributed by atoms with Crippen molar-refractivity contribution in [1.82, 2.24) is 44.9 Å². The van der Waals surface area contributed by atoms with Crippen molar-refractivity contribution in [3.8, 4) is 101 Å². The summed E-state index contributed by atoms with van der Waals surface area (Å²) in [6, 6.07) is 128. The molecular formula is C107H88Ir5N9-9. The zero-order chi connectivity index (χ0) is 84.5. The minimum absolute atomic E-state index is 0. The van der Waals surface area contributed by atoms with Crippen LogP contribution in [0.25, 0.3) is 101 Å². The van der Waals surface area contributed by atoms with Gasteiger partial charge in [-0.15, -0.1) is 321 Å². The largest absolute Gasteiger partial charge is 0.305 e. The van der Waals surface area contributed by atoms with Crippen molar-refractivity contribution in [2.75, 3.05) is 0 Å². The van der Waals surface area contributed by atoms with Crippen LogP contribution in [-0.4, -0.2) is 44.9 Å². The van der Waals surface area contributed by atoms with Gasteiger partial charge in [-0.05, 0) is 132 Å². The summed E-state index contributed by atoms with van der Waals surface area (Å²) in [7, 11) is 0. The van der Waals surface area contributed by atoms with Crippen LogP contribution < -0.4 is 0 Å². The SMILES string of the molecule is Cc1c[c-]c(-c2ccc(C)cn2)cc1.Cc1cc[c-]c(-c2ccccn2)c1.Cc1ccc(-c2[c-]ccc(C)c2)nc1.Cc1ccc(-c2[c-]ccc(C)c2)nc1.[2H]c1cc[c-]c(-c2cc(C)ccn2)c1.[2H]c1cc[c-]c(-c2ccccn2)c1.[2H]c1cc[c-]c(-c2ccccn2)c1.[2H]c1ccc(-c2[c-]cccc2)nc1.[Ir].[Ir].[Ir].[Ir].[Ir].[c-]1ccccc1-c1ccccn1. The molecule has 615 valence electrons. The van der Waals surface area contributed by atoms with Crippen LogP contribution in [0.3, 0.4) is 0 Å². The van der Waals surface area contributed by atoms with Gasteiger partial charge in [0.05, 0.1) is 1.37 Å². The summed E-state index contributed by atoms with van der Waals surface area (Å²) in [5.74, 6) is 0. The summed E-state index contributed by atoms with van der Waals surface area (Å²) >= 11 is 0.